The third-order valence-electron chi connectivity index (χ3n) is 3.24. The molecule has 16 heavy (non-hydrogen) atoms. The van der Waals surface area contributed by atoms with Gasteiger partial charge in [0.2, 0.25) is 0 Å². The zero-order chi connectivity index (χ0) is 11.6. The van der Waals surface area contributed by atoms with Gasteiger partial charge >= 0.3 is 0 Å². The molecule has 1 saturated carbocycles. The smallest absolute Gasteiger partial charge is 0.271 e. The van der Waals surface area contributed by atoms with Gasteiger partial charge in [-0.1, -0.05) is 6.92 Å². The van der Waals surface area contributed by atoms with Crippen LogP contribution in [0.2, 0.25) is 0 Å². The standard InChI is InChI=1S/C11H15N3O2/c1-2-11(5-6-11)7-12-10(16)8-3-4-9(15)14-13-8/h3-4H,2,5-7H2,1H3,(H,12,16)(H,14,15). The quantitative estimate of drug-likeness (QED) is 0.785. The van der Waals surface area contributed by atoms with Crippen molar-refractivity contribution in [2.24, 2.45) is 5.41 Å². The number of hydrogen-bond acceptors (Lipinski definition) is 3. The fourth-order valence-corrected chi connectivity index (χ4v) is 1.66. The molecule has 0 unspecified atom stereocenters. The highest BCUT2D eigenvalue weighted by atomic mass is 16.2. The zero-order valence-electron chi connectivity index (χ0n) is 9.25. The zero-order valence-corrected chi connectivity index (χ0v) is 9.25. The maximum absolute atomic E-state index is 11.7. The predicted octanol–water partition coefficient (Wildman–Crippen LogP) is 0.690. The average molecular weight is 221 g/mol. The van der Waals surface area contributed by atoms with E-state index in [0.29, 0.717) is 12.0 Å². The van der Waals surface area contributed by atoms with Crippen LogP contribution in [0.15, 0.2) is 16.9 Å². The number of nitrogens with one attached hydrogen (secondary N) is 2. The Bertz CT molecular complexity index is 428. The number of carbonyl (C=O) groups is 1. The first-order valence-electron chi connectivity index (χ1n) is 5.49. The van der Waals surface area contributed by atoms with Crippen molar-refractivity contribution in [3.05, 3.63) is 28.2 Å². The summed E-state index contributed by atoms with van der Waals surface area (Å²) in [4.78, 5) is 22.4. The van der Waals surface area contributed by atoms with Gasteiger partial charge in [0.05, 0.1) is 0 Å². The Morgan fingerprint density at radius 1 is 1.56 bits per heavy atom. The van der Waals surface area contributed by atoms with E-state index in [0.717, 1.165) is 6.42 Å². The minimum Gasteiger partial charge on any atom is -0.350 e. The molecule has 1 aliphatic rings. The lowest BCUT2D eigenvalue weighted by molar-refractivity contribution is 0.0938. The molecule has 5 nitrogen and oxygen atoms in total. The molecule has 2 N–H and O–H groups in total. The van der Waals surface area contributed by atoms with E-state index in [2.05, 4.69) is 22.4 Å². The van der Waals surface area contributed by atoms with E-state index in [9.17, 15) is 9.59 Å². The molecule has 0 spiro atoms. The van der Waals surface area contributed by atoms with Crippen LogP contribution in [0.1, 0.15) is 36.7 Å². The Morgan fingerprint density at radius 2 is 2.31 bits per heavy atom. The summed E-state index contributed by atoms with van der Waals surface area (Å²) < 4.78 is 0. The van der Waals surface area contributed by atoms with Crippen LogP contribution in [0.5, 0.6) is 0 Å². The lowest BCUT2D eigenvalue weighted by Gasteiger charge is -2.12. The summed E-state index contributed by atoms with van der Waals surface area (Å²) in [5.74, 6) is -0.226. The van der Waals surface area contributed by atoms with Crippen molar-refractivity contribution in [2.75, 3.05) is 6.54 Å². The molecule has 0 aliphatic heterocycles. The van der Waals surface area contributed by atoms with Crippen molar-refractivity contribution in [3.63, 3.8) is 0 Å². The summed E-state index contributed by atoms with van der Waals surface area (Å²) in [6, 6.07) is 2.73. The van der Waals surface area contributed by atoms with Crippen LogP contribution >= 0.6 is 0 Å². The van der Waals surface area contributed by atoms with Crippen molar-refractivity contribution < 1.29 is 4.79 Å². The largest absolute Gasteiger partial charge is 0.350 e. The Labute approximate surface area is 93.3 Å². The lowest BCUT2D eigenvalue weighted by atomic mass is 10.0. The fourth-order valence-electron chi connectivity index (χ4n) is 1.66. The van der Waals surface area contributed by atoms with E-state index >= 15 is 0 Å². The summed E-state index contributed by atoms with van der Waals surface area (Å²) in [5.41, 5.74) is 0.271. The molecule has 86 valence electrons. The molecule has 1 aliphatic carbocycles. The van der Waals surface area contributed by atoms with Gasteiger partial charge in [0, 0.05) is 12.6 Å². The van der Waals surface area contributed by atoms with Gasteiger partial charge < -0.3 is 5.32 Å². The highest BCUT2D eigenvalue weighted by Crippen LogP contribution is 2.47. The topological polar surface area (TPSA) is 74.8 Å². The van der Waals surface area contributed by atoms with E-state index in [1.54, 1.807) is 0 Å². The van der Waals surface area contributed by atoms with Crippen LogP contribution in [0.25, 0.3) is 0 Å². The van der Waals surface area contributed by atoms with Crippen LogP contribution < -0.4 is 10.9 Å². The van der Waals surface area contributed by atoms with Gasteiger partial charge in [0.1, 0.15) is 5.69 Å². The second-order valence-corrected chi connectivity index (χ2v) is 4.34. The predicted molar refractivity (Wildman–Crippen MR) is 59.1 cm³/mol. The van der Waals surface area contributed by atoms with E-state index in [1.165, 1.54) is 25.0 Å². The third-order valence-corrected chi connectivity index (χ3v) is 3.24. The van der Waals surface area contributed by atoms with Crippen LogP contribution in [0.4, 0.5) is 0 Å². The van der Waals surface area contributed by atoms with Gasteiger partial charge in [-0.15, -0.1) is 0 Å². The number of aromatic nitrogens is 2. The Balaban J connectivity index is 1.93. The molecular weight excluding hydrogens is 206 g/mol. The number of rotatable bonds is 4. The molecule has 0 aromatic carbocycles. The number of carbonyl (C=O) groups excluding carboxylic acids is 1. The monoisotopic (exact) mass is 221 g/mol. The number of aromatic amines is 1. The lowest BCUT2D eigenvalue weighted by Crippen LogP contribution is -2.31. The molecule has 1 aromatic rings. The first-order valence-corrected chi connectivity index (χ1v) is 5.49. The van der Waals surface area contributed by atoms with Crippen molar-refractivity contribution in [1.29, 1.82) is 0 Å². The summed E-state index contributed by atoms with van der Waals surface area (Å²) in [7, 11) is 0. The normalized spacial score (nSPS) is 16.8. The van der Waals surface area contributed by atoms with Crippen molar-refractivity contribution in [3.8, 4) is 0 Å². The average Bonchev–Trinajstić information content (AvgIpc) is 3.08. The fraction of sp³-hybridized carbons (Fsp3) is 0.545. The summed E-state index contributed by atoms with van der Waals surface area (Å²) in [6.45, 7) is 2.83. The molecule has 0 bridgehead atoms. The van der Waals surface area contributed by atoms with Gasteiger partial charge in [-0.2, -0.15) is 5.10 Å². The molecule has 1 aromatic heterocycles. The molecule has 0 radical (unpaired) electrons. The Morgan fingerprint density at radius 3 is 2.81 bits per heavy atom. The summed E-state index contributed by atoms with van der Waals surface area (Å²) in [5, 5.41) is 8.77. The minimum atomic E-state index is -0.302. The maximum Gasteiger partial charge on any atom is 0.271 e. The molecule has 0 atom stereocenters. The third kappa shape index (κ3) is 2.29. The van der Waals surface area contributed by atoms with Gasteiger partial charge in [-0.3, -0.25) is 9.59 Å². The highest BCUT2D eigenvalue weighted by molar-refractivity contribution is 5.92. The van der Waals surface area contributed by atoms with Crippen molar-refractivity contribution in [2.45, 2.75) is 26.2 Å². The first-order chi connectivity index (χ1) is 7.65. The summed E-state index contributed by atoms with van der Waals surface area (Å²) in [6.07, 6.45) is 3.46. The number of hydrogen-bond donors (Lipinski definition) is 2. The molecule has 1 heterocycles. The SMILES string of the molecule is CCC1(CNC(=O)c2ccc(=O)[nH]n2)CC1. The van der Waals surface area contributed by atoms with Gasteiger partial charge in [-0.25, -0.2) is 5.10 Å². The van der Waals surface area contributed by atoms with E-state index < -0.39 is 0 Å². The van der Waals surface area contributed by atoms with E-state index in [-0.39, 0.29) is 17.2 Å². The molecular formula is C11H15N3O2. The Kier molecular flexibility index (Phi) is 2.77. The first kappa shape index (κ1) is 10.9. The van der Waals surface area contributed by atoms with Crippen molar-refractivity contribution in [1.82, 2.24) is 15.5 Å². The molecule has 1 amide bonds. The highest BCUT2D eigenvalue weighted by Gasteiger charge is 2.40. The molecule has 5 heteroatoms. The van der Waals surface area contributed by atoms with Crippen LogP contribution in [0.3, 0.4) is 0 Å². The molecule has 2 rings (SSSR count). The molecule has 0 saturated heterocycles. The van der Waals surface area contributed by atoms with E-state index in [1.807, 2.05) is 0 Å². The van der Waals surface area contributed by atoms with Crippen LogP contribution in [-0.4, -0.2) is 22.6 Å². The second-order valence-electron chi connectivity index (χ2n) is 4.34. The molecule has 1 fully saturated rings. The Hall–Kier alpha value is -1.65. The number of H-pyrrole nitrogens is 1. The second kappa shape index (κ2) is 4.08. The van der Waals surface area contributed by atoms with Crippen LogP contribution in [0, 0.1) is 5.41 Å². The van der Waals surface area contributed by atoms with Gasteiger partial charge in [-0.05, 0) is 30.7 Å². The maximum atomic E-state index is 11.7. The van der Waals surface area contributed by atoms with Gasteiger partial charge in [0.25, 0.3) is 11.5 Å². The van der Waals surface area contributed by atoms with Crippen molar-refractivity contribution >= 4 is 5.91 Å². The number of nitrogens with zero attached hydrogens (tertiary/aromatic N) is 1. The summed E-state index contributed by atoms with van der Waals surface area (Å²) >= 11 is 0. The number of amides is 1. The minimum absolute atomic E-state index is 0.226. The van der Waals surface area contributed by atoms with Gasteiger partial charge in [0.15, 0.2) is 0 Å². The van der Waals surface area contributed by atoms with E-state index in [4.69, 9.17) is 0 Å². The van der Waals surface area contributed by atoms with Crippen LogP contribution in [-0.2, 0) is 0 Å².